The van der Waals surface area contributed by atoms with Crippen molar-refractivity contribution in [2.24, 2.45) is 0 Å². The molecular formula is C16H12ClFN2O2. The van der Waals surface area contributed by atoms with Crippen LogP contribution in [0.4, 0.5) is 10.1 Å². The van der Waals surface area contributed by atoms with Crippen molar-refractivity contribution in [1.29, 1.82) is 5.26 Å². The van der Waals surface area contributed by atoms with E-state index in [4.69, 9.17) is 21.6 Å². The van der Waals surface area contributed by atoms with Gasteiger partial charge in [0.1, 0.15) is 11.6 Å². The minimum atomic E-state index is -0.841. The molecule has 22 heavy (non-hydrogen) atoms. The number of anilines is 1. The number of halogens is 2. The van der Waals surface area contributed by atoms with Gasteiger partial charge in [-0.25, -0.2) is 4.39 Å². The molecule has 1 N–H and O–H groups in total. The zero-order valence-electron chi connectivity index (χ0n) is 11.6. The summed E-state index contributed by atoms with van der Waals surface area (Å²) in [6, 6.07) is 12.2. The van der Waals surface area contributed by atoms with Gasteiger partial charge in [0, 0.05) is 5.02 Å². The average Bonchev–Trinajstić information content (AvgIpc) is 2.51. The van der Waals surface area contributed by atoms with E-state index in [1.165, 1.54) is 25.1 Å². The summed E-state index contributed by atoms with van der Waals surface area (Å²) in [5.74, 6) is -0.651. The normalized spacial score (nSPS) is 11.4. The molecule has 1 amide bonds. The number of amides is 1. The first-order chi connectivity index (χ1) is 10.5. The largest absolute Gasteiger partial charge is 0.481 e. The molecule has 1 unspecified atom stereocenters. The Kier molecular flexibility index (Phi) is 4.97. The first-order valence-electron chi connectivity index (χ1n) is 6.42. The minimum Gasteiger partial charge on any atom is -0.481 e. The van der Waals surface area contributed by atoms with Crippen LogP contribution in [0.25, 0.3) is 0 Å². The maximum atomic E-state index is 13.6. The molecule has 0 aliphatic heterocycles. The van der Waals surface area contributed by atoms with E-state index in [-0.39, 0.29) is 5.69 Å². The molecule has 0 bridgehead atoms. The van der Waals surface area contributed by atoms with Gasteiger partial charge < -0.3 is 10.1 Å². The summed E-state index contributed by atoms with van der Waals surface area (Å²) in [7, 11) is 0. The van der Waals surface area contributed by atoms with Gasteiger partial charge in [0.15, 0.2) is 6.10 Å². The predicted molar refractivity (Wildman–Crippen MR) is 81.3 cm³/mol. The lowest BCUT2D eigenvalue weighted by atomic mass is 10.2. The molecule has 1 atom stereocenters. The zero-order chi connectivity index (χ0) is 16.1. The van der Waals surface area contributed by atoms with Crippen LogP contribution in [0.2, 0.25) is 5.02 Å². The highest BCUT2D eigenvalue weighted by atomic mass is 35.5. The lowest BCUT2D eigenvalue weighted by molar-refractivity contribution is -0.122. The number of nitrogens with one attached hydrogen (secondary N) is 1. The summed E-state index contributed by atoms with van der Waals surface area (Å²) in [6.45, 7) is 1.54. The van der Waals surface area contributed by atoms with E-state index in [9.17, 15) is 9.18 Å². The number of nitriles is 1. The van der Waals surface area contributed by atoms with Crippen LogP contribution in [-0.2, 0) is 4.79 Å². The molecule has 4 nitrogen and oxygen atoms in total. The van der Waals surface area contributed by atoms with Crippen molar-refractivity contribution >= 4 is 23.2 Å². The standard InChI is InChI=1S/C16H12ClFN2O2/c1-10(22-13-5-2-11(9-19)3-6-13)16(21)20-15-8-12(17)4-7-14(15)18/h2-8,10H,1H3,(H,20,21). The number of hydrogen-bond acceptors (Lipinski definition) is 3. The molecule has 112 valence electrons. The Bertz CT molecular complexity index is 726. The number of ether oxygens (including phenoxy) is 1. The maximum absolute atomic E-state index is 13.6. The van der Waals surface area contributed by atoms with Crippen LogP contribution in [0.1, 0.15) is 12.5 Å². The molecule has 0 aliphatic rings. The van der Waals surface area contributed by atoms with Gasteiger partial charge in [-0.3, -0.25) is 4.79 Å². The zero-order valence-corrected chi connectivity index (χ0v) is 12.4. The number of hydrogen-bond donors (Lipinski definition) is 1. The minimum absolute atomic E-state index is 0.00669. The number of carbonyl (C=O) groups excluding carboxylic acids is 1. The molecule has 0 saturated heterocycles. The van der Waals surface area contributed by atoms with E-state index in [0.29, 0.717) is 16.3 Å². The van der Waals surface area contributed by atoms with Gasteiger partial charge in [0.05, 0.1) is 17.3 Å². The van der Waals surface area contributed by atoms with Crippen LogP contribution < -0.4 is 10.1 Å². The van der Waals surface area contributed by atoms with Crippen LogP contribution in [-0.4, -0.2) is 12.0 Å². The van der Waals surface area contributed by atoms with Crippen LogP contribution in [0, 0.1) is 17.1 Å². The van der Waals surface area contributed by atoms with Crippen molar-refractivity contribution in [2.75, 3.05) is 5.32 Å². The highest BCUT2D eigenvalue weighted by molar-refractivity contribution is 6.30. The monoisotopic (exact) mass is 318 g/mol. The third-order valence-corrected chi connectivity index (χ3v) is 3.09. The molecule has 0 aliphatic carbocycles. The number of rotatable bonds is 4. The molecule has 2 rings (SSSR count). The quantitative estimate of drug-likeness (QED) is 0.933. The van der Waals surface area contributed by atoms with Crippen molar-refractivity contribution in [3.05, 3.63) is 58.9 Å². The Morgan fingerprint density at radius 2 is 2.00 bits per heavy atom. The van der Waals surface area contributed by atoms with E-state index < -0.39 is 17.8 Å². The van der Waals surface area contributed by atoms with Gasteiger partial charge in [0.25, 0.3) is 5.91 Å². The smallest absolute Gasteiger partial charge is 0.265 e. The molecule has 0 radical (unpaired) electrons. The third-order valence-electron chi connectivity index (χ3n) is 2.85. The second-order valence-corrected chi connectivity index (χ2v) is 4.95. The van der Waals surface area contributed by atoms with E-state index in [2.05, 4.69) is 5.32 Å². The van der Waals surface area contributed by atoms with E-state index in [1.54, 1.807) is 24.3 Å². The topological polar surface area (TPSA) is 62.1 Å². The predicted octanol–water partition coefficient (Wildman–Crippen LogP) is 3.76. The van der Waals surface area contributed by atoms with E-state index in [1.807, 2.05) is 6.07 Å². The van der Waals surface area contributed by atoms with Crippen molar-refractivity contribution in [2.45, 2.75) is 13.0 Å². The Hall–Kier alpha value is -2.58. The average molecular weight is 319 g/mol. The Labute approximate surface area is 132 Å². The van der Waals surface area contributed by atoms with Gasteiger partial charge >= 0.3 is 0 Å². The number of benzene rings is 2. The highest BCUT2D eigenvalue weighted by Gasteiger charge is 2.16. The molecule has 0 aromatic heterocycles. The first-order valence-corrected chi connectivity index (χ1v) is 6.80. The number of nitrogens with zero attached hydrogens (tertiary/aromatic N) is 1. The molecule has 6 heteroatoms. The summed E-state index contributed by atoms with van der Waals surface area (Å²) in [6.07, 6.45) is -0.841. The molecule has 2 aromatic carbocycles. The third kappa shape index (κ3) is 3.96. The van der Waals surface area contributed by atoms with Gasteiger partial charge in [-0.05, 0) is 49.4 Å². The molecule has 0 spiro atoms. The van der Waals surface area contributed by atoms with Crippen molar-refractivity contribution in [3.8, 4) is 11.8 Å². The molecule has 2 aromatic rings. The van der Waals surface area contributed by atoms with Gasteiger partial charge in [-0.1, -0.05) is 11.6 Å². The van der Waals surface area contributed by atoms with Crippen molar-refractivity contribution in [3.63, 3.8) is 0 Å². The van der Waals surface area contributed by atoms with E-state index >= 15 is 0 Å². The van der Waals surface area contributed by atoms with Gasteiger partial charge in [-0.2, -0.15) is 5.26 Å². The Morgan fingerprint density at radius 3 is 2.64 bits per heavy atom. The SMILES string of the molecule is CC(Oc1ccc(C#N)cc1)C(=O)Nc1cc(Cl)ccc1F. The summed E-state index contributed by atoms with van der Waals surface area (Å²) in [4.78, 5) is 12.0. The van der Waals surface area contributed by atoms with Crippen LogP contribution >= 0.6 is 11.6 Å². The second-order valence-electron chi connectivity index (χ2n) is 4.51. The Balaban J connectivity index is 2.02. The molecular weight excluding hydrogens is 307 g/mol. The molecule has 0 heterocycles. The van der Waals surface area contributed by atoms with E-state index in [0.717, 1.165) is 0 Å². The fraction of sp³-hybridized carbons (Fsp3) is 0.125. The van der Waals surface area contributed by atoms with Crippen molar-refractivity contribution in [1.82, 2.24) is 0 Å². The summed E-state index contributed by atoms with van der Waals surface area (Å²) in [5.41, 5.74) is 0.484. The van der Waals surface area contributed by atoms with Crippen LogP contribution in [0.5, 0.6) is 5.75 Å². The molecule has 0 saturated carbocycles. The van der Waals surface area contributed by atoms with Crippen molar-refractivity contribution < 1.29 is 13.9 Å². The lowest BCUT2D eigenvalue weighted by Gasteiger charge is -2.15. The highest BCUT2D eigenvalue weighted by Crippen LogP contribution is 2.20. The number of carbonyl (C=O) groups is 1. The lowest BCUT2D eigenvalue weighted by Crippen LogP contribution is -2.30. The first kappa shape index (κ1) is 15.8. The summed E-state index contributed by atoms with van der Waals surface area (Å²) < 4.78 is 19.0. The summed E-state index contributed by atoms with van der Waals surface area (Å²) in [5, 5.41) is 11.4. The summed E-state index contributed by atoms with van der Waals surface area (Å²) >= 11 is 5.76. The molecule has 0 fully saturated rings. The second kappa shape index (κ2) is 6.92. The maximum Gasteiger partial charge on any atom is 0.265 e. The Morgan fingerprint density at radius 1 is 1.32 bits per heavy atom. The van der Waals surface area contributed by atoms with Crippen LogP contribution in [0.3, 0.4) is 0 Å². The fourth-order valence-corrected chi connectivity index (χ4v) is 1.87. The van der Waals surface area contributed by atoms with Gasteiger partial charge in [-0.15, -0.1) is 0 Å². The van der Waals surface area contributed by atoms with Crippen LogP contribution in [0.15, 0.2) is 42.5 Å². The van der Waals surface area contributed by atoms with Gasteiger partial charge in [0.2, 0.25) is 0 Å². The fourth-order valence-electron chi connectivity index (χ4n) is 1.69.